The van der Waals surface area contributed by atoms with Gasteiger partial charge in [0.05, 0.1) is 44.9 Å². The Morgan fingerprint density at radius 2 is 1.79 bits per heavy atom. The van der Waals surface area contributed by atoms with Crippen LogP contribution in [0.1, 0.15) is 38.5 Å². The molecule has 1 saturated heterocycles. The van der Waals surface area contributed by atoms with Crippen molar-refractivity contribution in [1.82, 2.24) is 15.5 Å². The minimum Gasteiger partial charge on any atom is -0.394 e. The van der Waals surface area contributed by atoms with Crippen LogP contribution >= 0.6 is 0 Å². The molecule has 0 aromatic rings. The molecule has 158 valence electrons. The van der Waals surface area contributed by atoms with Crippen LogP contribution in [0, 0.1) is 0 Å². The standard InChI is InChI=1S/C20H33N3O5/c24-14-18-17(22-20(26)13-23-8-10-27-11-9-23)7-6-16(28-18)12-19(25)21-15-4-2-1-3-5-15/h6-7,15-18,24H,1-5,8-14H2,(H,21,25)(H,22,26)/t16-,17-,18+/m0/s1. The average Bonchev–Trinajstić information content (AvgIpc) is 2.70. The molecule has 0 radical (unpaired) electrons. The summed E-state index contributed by atoms with van der Waals surface area (Å²) in [5.74, 6) is -0.125. The summed E-state index contributed by atoms with van der Waals surface area (Å²) in [6, 6.07) is -0.120. The Morgan fingerprint density at radius 1 is 1.04 bits per heavy atom. The summed E-state index contributed by atoms with van der Waals surface area (Å²) >= 11 is 0. The van der Waals surface area contributed by atoms with Crippen molar-refractivity contribution in [3.63, 3.8) is 0 Å². The van der Waals surface area contributed by atoms with Gasteiger partial charge in [0.2, 0.25) is 11.8 Å². The van der Waals surface area contributed by atoms with Crippen molar-refractivity contribution in [2.75, 3.05) is 39.5 Å². The lowest BCUT2D eigenvalue weighted by molar-refractivity contribution is -0.129. The zero-order valence-corrected chi connectivity index (χ0v) is 16.5. The van der Waals surface area contributed by atoms with Crippen molar-refractivity contribution in [3.05, 3.63) is 12.2 Å². The summed E-state index contributed by atoms with van der Waals surface area (Å²) in [5, 5.41) is 15.7. The lowest BCUT2D eigenvalue weighted by atomic mass is 9.95. The van der Waals surface area contributed by atoms with Gasteiger partial charge in [-0.25, -0.2) is 0 Å². The van der Waals surface area contributed by atoms with E-state index in [4.69, 9.17) is 9.47 Å². The second-order valence-electron chi connectivity index (χ2n) is 7.87. The van der Waals surface area contributed by atoms with Crippen LogP contribution in [0.15, 0.2) is 12.2 Å². The molecule has 1 saturated carbocycles. The molecule has 2 amide bonds. The van der Waals surface area contributed by atoms with Crippen molar-refractivity contribution < 1.29 is 24.2 Å². The van der Waals surface area contributed by atoms with Gasteiger partial charge in [-0.05, 0) is 12.8 Å². The number of hydrogen-bond donors (Lipinski definition) is 3. The number of rotatable bonds is 7. The normalized spacial score (nSPS) is 29.4. The number of amides is 2. The van der Waals surface area contributed by atoms with Crippen molar-refractivity contribution in [2.24, 2.45) is 0 Å². The number of ether oxygens (including phenoxy) is 2. The van der Waals surface area contributed by atoms with Gasteiger partial charge in [-0.3, -0.25) is 14.5 Å². The summed E-state index contributed by atoms with van der Waals surface area (Å²) < 4.78 is 11.1. The van der Waals surface area contributed by atoms with Gasteiger partial charge in [-0.2, -0.15) is 0 Å². The highest BCUT2D eigenvalue weighted by molar-refractivity contribution is 5.79. The Balaban J connectivity index is 1.44. The fraction of sp³-hybridized carbons (Fsp3) is 0.800. The molecule has 2 heterocycles. The molecule has 3 N–H and O–H groups in total. The molecule has 3 atom stereocenters. The molecule has 0 bridgehead atoms. The third-order valence-corrected chi connectivity index (χ3v) is 5.62. The van der Waals surface area contributed by atoms with E-state index in [-0.39, 0.29) is 37.0 Å². The number of morpholine rings is 1. The Hall–Kier alpha value is -1.48. The summed E-state index contributed by atoms with van der Waals surface area (Å²) in [5.41, 5.74) is 0. The van der Waals surface area contributed by atoms with Gasteiger partial charge in [0.1, 0.15) is 6.10 Å². The third-order valence-electron chi connectivity index (χ3n) is 5.62. The number of aliphatic hydroxyl groups is 1. The lowest BCUT2D eigenvalue weighted by Gasteiger charge is -2.33. The highest BCUT2D eigenvalue weighted by atomic mass is 16.5. The highest BCUT2D eigenvalue weighted by Crippen LogP contribution is 2.19. The molecule has 0 aromatic heterocycles. The van der Waals surface area contributed by atoms with Crippen LogP contribution < -0.4 is 10.6 Å². The average molecular weight is 396 g/mol. The molecule has 0 aromatic carbocycles. The van der Waals surface area contributed by atoms with E-state index in [9.17, 15) is 14.7 Å². The lowest BCUT2D eigenvalue weighted by Crippen LogP contribution is -2.52. The van der Waals surface area contributed by atoms with E-state index in [1.165, 1.54) is 19.3 Å². The molecule has 0 unspecified atom stereocenters. The fourth-order valence-corrected chi connectivity index (χ4v) is 4.05. The van der Waals surface area contributed by atoms with Crippen LogP contribution in [0.4, 0.5) is 0 Å². The Kier molecular flexibility index (Phi) is 8.27. The summed E-state index contributed by atoms with van der Waals surface area (Å²) in [6.45, 7) is 2.86. The molecule has 28 heavy (non-hydrogen) atoms. The first-order valence-electron chi connectivity index (χ1n) is 10.5. The molecule has 3 aliphatic rings. The van der Waals surface area contributed by atoms with Crippen LogP contribution in [-0.2, 0) is 19.1 Å². The van der Waals surface area contributed by atoms with Crippen LogP contribution in [0.25, 0.3) is 0 Å². The molecule has 2 fully saturated rings. The maximum Gasteiger partial charge on any atom is 0.234 e. The van der Waals surface area contributed by atoms with E-state index in [1.54, 1.807) is 0 Å². The van der Waals surface area contributed by atoms with Crippen molar-refractivity contribution in [2.45, 2.75) is 62.8 Å². The largest absolute Gasteiger partial charge is 0.394 e. The third kappa shape index (κ3) is 6.55. The Bertz CT molecular complexity index is 544. The van der Waals surface area contributed by atoms with Gasteiger partial charge in [0, 0.05) is 19.1 Å². The number of aliphatic hydroxyl groups excluding tert-OH is 1. The monoisotopic (exact) mass is 395 g/mol. The summed E-state index contributed by atoms with van der Waals surface area (Å²) in [7, 11) is 0. The number of hydrogen-bond acceptors (Lipinski definition) is 6. The molecule has 3 rings (SSSR count). The maximum absolute atomic E-state index is 12.3. The van der Waals surface area contributed by atoms with E-state index < -0.39 is 12.1 Å². The van der Waals surface area contributed by atoms with Crippen LogP contribution in [0.3, 0.4) is 0 Å². The second kappa shape index (κ2) is 10.9. The van der Waals surface area contributed by atoms with Crippen molar-refractivity contribution >= 4 is 11.8 Å². The molecule has 0 spiro atoms. The van der Waals surface area contributed by atoms with E-state index in [2.05, 4.69) is 10.6 Å². The number of nitrogens with zero attached hydrogens (tertiary/aromatic N) is 1. The zero-order chi connectivity index (χ0) is 19.8. The number of nitrogens with one attached hydrogen (secondary N) is 2. The minimum atomic E-state index is -0.550. The van der Waals surface area contributed by atoms with E-state index in [0.717, 1.165) is 25.9 Å². The second-order valence-corrected chi connectivity index (χ2v) is 7.87. The summed E-state index contributed by atoms with van der Waals surface area (Å²) in [4.78, 5) is 26.6. The molecule has 8 heteroatoms. The van der Waals surface area contributed by atoms with Gasteiger partial charge in [0.25, 0.3) is 0 Å². The predicted octanol–water partition coefficient (Wildman–Crippen LogP) is -0.0417. The highest BCUT2D eigenvalue weighted by Gasteiger charge is 2.30. The first-order valence-corrected chi connectivity index (χ1v) is 10.5. The van der Waals surface area contributed by atoms with Crippen LogP contribution in [0.2, 0.25) is 0 Å². The van der Waals surface area contributed by atoms with Gasteiger partial charge < -0.3 is 25.2 Å². The van der Waals surface area contributed by atoms with Crippen molar-refractivity contribution in [3.8, 4) is 0 Å². The molecule has 8 nitrogen and oxygen atoms in total. The van der Waals surface area contributed by atoms with E-state index >= 15 is 0 Å². The van der Waals surface area contributed by atoms with Gasteiger partial charge in [-0.1, -0.05) is 31.4 Å². The summed E-state index contributed by atoms with van der Waals surface area (Å²) in [6.07, 6.45) is 8.63. The van der Waals surface area contributed by atoms with E-state index in [1.807, 2.05) is 17.1 Å². The van der Waals surface area contributed by atoms with Gasteiger partial charge in [-0.15, -0.1) is 0 Å². The molecule has 1 aliphatic carbocycles. The molecule has 2 aliphatic heterocycles. The van der Waals surface area contributed by atoms with Gasteiger partial charge in [0.15, 0.2) is 0 Å². The molecular formula is C20H33N3O5. The maximum atomic E-state index is 12.3. The SMILES string of the molecule is O=C(C[C@@H]1C=C[C@H](NC(=O)CN2CCOCC2)[C@@H](CO)O1)NC1CCCCC1. The first kappa shape index (κ1) is 21.2. The van der Waals surface area contributed by atoms with Crippen LogP contribution in [-0.4, -0.2) is 85.6 Å². The first-order chi connectivity index (χ1) is 13.6. The quantitative estimate of drug-likeness (QED) is 0.523. The predicted molar refractivity (Wildman–Crippen MR) is 104 cm³/mol. The topological polar surface area (TPSA) is 100 Å². The van der Waals surface area contributed by atoms with E-state index in [0.29, 0.717) is 19.8 Å². The zero-order valence-electron chi connectivity index (χ0n) is 16.5. The molecular weight excluding hydrogens is 362 g/mol. The Labute approximate surface area is 166 Å². The number of carbonyl (C=O) groups is 2. The smallest absolute Gasteiger partial charge is 0.234 e. The van der Waals surface area contributed by atoms with Crippen LogP contribution in [0.5, 0.6) is 0 Å². The number of carbonyl (C=O) groups excluding carboxylic acids is 2. The fourth-order valence-electron chi connectivity index (χ4n) is 4.05. The minimum absolute atomic E-state index is 0.0203. The van der Waals surface area contributed by atoms with Gasteiger partial charge >= 0.3 is 0 Å². The Morgan fingerprint density at radius 3 is 2.50 bits per heavy atom. The van der Waals surface area contributed by atoms with Crippen molar-refractivity contribution in [1.29, 1.82) is 0 Å².